The number of rotatable bonds is 35. The summed E-state index contributed by atoms with van der Waals surface area (Å²) in [7, 11) is 0. The van der Waals surface area contributed by atoms with E-state index >= 15 is 0 Å². The fourth-order valence-corrected chi connectivity index (χ4v) is 5.35. The van der Waals surface area contributed by atoms with Crippen LogP contribution in [0, 0.1) is 0 Å². The van der Waals surface area contributed by atoms with Crippen LogP contribution in [-0.2, 0) is 45.3 Å². The Hall–Kier alpha value is -2.00. The van der Waals surface area contributed by atoms with Crippen molar-refractivity contribution in [2.24, 2.45) is 0 Å². The summed E-state index contributed by atoms with van der Waals surface area (Å²) in [4.78, 5) is 5.15. The van der Waals surface area contributed by atoms with E-state index in [2.05, 4.69) is 58.1 Å². The summed E-state index contributed by atoms with van der Waals surface area (Å²) in [6, 6.07) is 0. The number of hydrogen-bond acceptors (Lipinski definition) is 11. The van der Waals surface area contributed by atoms with Crippen molar-refractivity contribution in [2.45, 2.75) is 131 Å². The van der Waals surface area contributed by atoms with E-state index in [4.69, 9.17) is 18.9 Å². The summed E-state index contributed by atoms with van der Waals surface area (Å²) in [5.74, 6) is 0. The van der Waals surface area contributed by atoms with Crippen molar-refractivity contribution in [2.75, 3.05) is 78.9 Å². The minimum absolute atomic E-state index is 0.248. The maximum Gasteiger partial charge on any atom is 0.108 e. The lowest BCUT2D eigenvalue weighted by molar-refractivity contribution is -0.0170. The predicted octanol–water partition coefficient (Wildman–Crippen LogP) is 4.97. The molecule has 2 aromatic heterocycles. The van der Waals surface area contributed by atoms with Crippen LogP contribution < -0.4 is 0 Å². The van der Waals surface area contributed by atoms with Crippen LogP contribution in [0.25, 0.3) is 0 Å². The molecule has 1 atom stereocenters. The number of hydrogen-bond donors (Lipinski definition) is 1. The number of aromatic nitrogens is 6. The van der Waals surface area contributed by atoms with Crippen molar-refractivity contribution >= 4 is 0 Å². The van der Waals surface area contributed by atoms with Gasteiger partial charge in [0.25, 0.3) is 0 Å². The molecular weight excluding hydrogens is 624 g/mol. The van der Waals surface area contributed by atoms with E-state index < -0.39 is 6.10 Å². The zero-order chi connectivity index (χ0) is 35.2. The van der Waals surface area contributed by atoms with Crippen molar-refractivity contribution in [3.05, 3.63) is 23.8 Å². The summed E-state index contributed by atoms with van der Waals surface area (Å²) in [6.45, 7) is 20.9. The highest BCUT2D eigenvalue weighted by molar-refractivity contribution is 4.90. The molecule has 0 amide bonds. The van der Waals surface area contributed by atoms with Crippen LogP contribution in [-0.4, -0.2) is 130 Å². The average Bonchev–Trinajstić information content (AvgIpc) is 3.77. The van der Waals surface area contributed by atoms with Crippen LogP contribution >= 0.6 is 0 Å². The van der Waals surface area contributed by atoms with E-state index in [1.54, 1.807) is 0 Å². The Labute approximate surface area is 297 Å². The third-order valence-corrected chi connectivity index (χ3v) is 8.36. The molecule has 0 aromatic carbocycles. The van der Waals surface area contributed by atoms with Crippen molar-refractivity contribution in [3.63, 3.8) is 0 Å². The Morgan fingerprint density at radius 1 is 0.571 bits per heavy atom. The highest BCUT2D eigenvalue weighted by atomic mass is 16.5. The molecule has 0 saturated carbocycles. The van der Waals surface area contributed by atoms with Crippen LogP contribution in [0.4, 0.5) is 0 Å². The molecule has 2 heterocycles. The molecular formula is C36H70N8O5. The van der Waals surface area contributed by atoms with Gasteiger partial charge in [-0.1, -0.05) is 63.8 Å². The maximum atomic E-state index is 10.2. The van der Waals surface area contributed by atoms with Crippen molar-refractivity contribution in [3.8, 4) is 0 Å². The molecule has 0 spiro atoms. The molecule has 13 heteroatoms. The van der Waals surface area contributed by atoms with Gasteiger partial charge in [-0.05, 0) is 84.2 Å². The summed E-state index contributed by atoms with van der Waals surface area (Å²) in [6.07, 6.45) is 16.0. The second kappa shape index (κ2) is 29.7. The number of aryl methyl sites for hydroxylation is 2. The van der Waals surface area contributed by atoms with Gasteiger partial charge in [0.05, 0.1) is 64.7 Å². The molecule has 0 aliphatic heterocycles. The van der Waals surface area contributed by atoms with E-state index in [1.807, 2.05) is 21.8 Å². The lowest BCUT2D eigenvalue weighted by atomic mass is 10.2. The van der Waals surface area contributed by atoms with Gasteiger partial charge in [0.15, 0.2) is 0 Å². The molecule has 284 valence electrons. The zero-order valence-corrected chi connectivity index (χ0v) is 31.5. The first kappa shape index (κ1) is 43.2. The minimum atomic E-state index is -0.582. The molecule has 0 aliphatic rings. The van der Waals surface area contributed by atoms with Crippen LogP contribution in [0.3, 0.4) is 0 Å². The topological polar surface area (TPSA) is 125 Å². The first-order valence-corrected chi connectivity index (χ1v) is 19.3. The Morgan fingerprint density at radius 2 is 0.980 bits per heavy atom. The van der Waals surface area contributed by atoms with Gasteiger partial charge in [0.1, 0.15) is 11.4 Å². The number of aliphatic hydroxyl groups excluding tert-OH is 1. The molecule has 1 unspecified atom stereocenters. The van der Waals surface area contributed by atoms with Crippen LogP contribution in [0.15, 0.2) is 12.4 Å². The van der Waals surface area contributed by atoms with Crippen LogP contribution in [0.1, 0.15) is 110 Å². The number of unbranched alkanes of at least 4 members (excludes halogenated alkanes) is 4. The van der Waals surface area contributed by atoms with Gasteiger partial charge < -0.3 is 33.9 Å². The predicted molar refractivity (Wildman–Crippen MR) is 193 cm³/mol. The van der Waals surface area contributed by atoms with Gasteiger partial charge in [0.2, 0.25) is 0 Å². The second-order valence-electron chi connectivity index (χ2n) is 13.0. The highest BCUT2D eigenvalue weighted by Crippen LogP contribution is 2.05. The van der Waals surface area contributed by atoms with Crippen molar-refractivity contribution in [1.29, 1.82) is 0 Å². The molecule has 0 bridgehead atoms. The highest BCUT2D eigenvalue weighted by Gasteiger charge is 2.08. The third-order valence-electron chi connectivity index (χ3n) is 8.36. The van der Waals surface area contributed by atoms with E-state index in [0.717, 1.165) is 50.4 Å². The summed E-state index contributed by atoms with van der Waals surface area (Å²) < 4.78 is 26.4. The zero-order valence-electron chi connectivity index (χ0n) is 31.5. The SMILES string of the molecule is CCCCN(CCCC)CCCn1cc(COCCOCCC(O)COCCOCc2cn(CCCN(CCCC)CCCC)nn2)nn1. The Bertz CT molecular complexity index is 994. The van der Waals surface area contributed by atoms with E-state index in [-0.39, 0.29) is 6.61 Å². The molecule has 0 aliphatic carbocycles. The quantitative estimate of drug-likeness (QED) is 0.0984. The number of nitrogens with zero attached hydrogens (tertiary/aromatic N) is 8. The monoisotopic (exact) mass is 695 g/mol. The first-order chi connectivity index (χ1) is 24.1. The summed E-state index contributed by atoms with van der Waals surface area (Å²) in [5.41, 5.74) is 1.65. The second-order valence-corrected chi connectivity index (χ2v) is 13.0. The van der Waals surface area contributed by atoms with Gasteiger partial charge in [-0.3, -0.25) is 9.36 Å². The molecule has 2 rings (SSSR count). The van der Waals surface area contributed by atoms with Crippen molar-refractivity contribution in [1.82, 2.24) is 39.8 Å². The molecule has 0 fully saturated rings. The lowest BCUT2D eigenvalue weighted by Crippen LogP contribution is -2.28. The number of aliphatic hydroxyl groups is 1. The summed E-state index contributed by atoms with van der Waals surface area (Å²) in [5, 5.41) is 27.1. The maximum absolute atomic E-state index is 10.2. The standard InChI is InChI=1S/C36H70N8O5/c1-5-9-16-41(17-10-6-2)20-13-22-43-29-34(37-39-43)31-47-26-25-46-24-15-36(45)33-49-28-27-48-32-35-30-44(40-38-35)23-14-21-42(18-11-7-3)19-12-8-4/h29-30,36,45H,5-28,31-33H2,1-4H3. The molecule has 1 N–H and O–H groups in total. The van der Waals surface area contributed by atoms with Crippen molar-refractivity contribution < 1.29 is 24.1 Å². The Kier molecular flexibility index (Phi) is 26.2. The Balaban J connectivity index is 1.42. The van der Waals surface area contributed by atoms with Gasteiger partial charge in [0, 0.05) is 19.7 Å². The molecule has 0 radical (unpaired) electrons. The van der Waals surface area contributed by atoms with Gasteiger partial charge in [-0.15, -0.1) is 10.2 Å². The molecule has 2 aromatic rings. The van der Waals surface area contributed by atoms with Crippen LogP contribution in [0.5, 0.6) is 0 Å². The fourth-order valence-electron chi connectivity index (χ4n) is 5.35. The van der Waals surface area contributed by atoms with Crippen LogP contribution in [0.2, 0.25) is 0 Å². The van der Waals surface area contributed by atoms with Gasteiger partial charge in [-0.2, -0.15) is 0 Å². The normalized spacial score (nSPS) is 12.6. The van der Waals surface area contributed by atoms with Gasteiger partial charge >= 0.3 is 0 Å². The fraction of sp³-hybridized carbons (Fsp3) is 0.889. The van der Waals surface area contributed by atoms with E-state index in [1.165, 1.54) is 77.5 Å². The molecule has 49 heavy (non-hydrogen) atoms. The lowest BCUT2D eigenvalue weighted by Gasteiger charge is -2.21. The largest absolute Gasteiger partial charge is 0.391 e. The Morgan fingerprint density at radius 3 is 1.43 bits per heavy atom. The minimum Gasteiger partial charge on any atom is -0.391 e. The molecule has 13 nitrogen and oxygen atoms in total. The first-order valence-electron chi connectivity index (χ1n) is 19.3. The van der Waals surface area contributed by atoms with E-state index in [0.29, 0.717) is 52.7 Å². The summed E-state index contributed by atoms with van der Waals surface area (Å²) >= 11 is 0. The average molecular weight is 695 g/mol. The third kappa shape index (κ3) is 22.4. The van der Waals surface area contributed by atoms with E-state index in [9.17, 15) is 5.11 Å². The van der Waals surface area contributed by atoms with Gasteiger partial charge in [-0.25, -0.2) is 0 Å². The smallest absolute Gasteiger partial charge is 0.108 e. The number of ether oxygens (including phenoxy) is 4. The molecule has 0 saturated heterocycles.